The largest absolute Gasteiger partial charge is 0.456 e. The van der Waals surface area contributed by atoms with Gasteiger partial charge in [0.1, 0.15) is 16.7 Å². The number of anilines is 3. The van der Waals surface area contributed by atoms with Gasteiger partial charge in [-0.05, 0) is 70.8 Å². The second-order valence-corrected chi connectivity index (χ2v) is 11.3. The molecular weight excluding hydrogens is 550 g/mol. The lowest BCUT2D eigenvalue weighted by Crippen LogP contribution is -2.10. The Balaban J connectivity index is 1.36. The van der Waals surface area contributed by atoms with Crippen LogP contribution in [0, 0.1) is 0 Å². The van der Waals surface area contributed by atoms with E-state index in [1.807, 2.05) is 30.3 Å². The van der Waals surface area contributed by atoms with Gasteiger partial charge in [-0.2, -0.15) is 0 Å². The summed E-state index contributed by atoms with van der Waals surface area (Å²) in [6.45, 7) is 0. The van der Waals surface area contributed by atoms with Crippen LogP contribution in [0.5, 0.6) is 0 Å². The molecule has 0 unspecified atom stereocenters. The van der Waals surface area contributed by atoms with E-state index in [0.717, 1.165) is 72.1 Å². The quantitative estimate of drug-likeness (QED) is 0.204. The Morgan fingerprint density at radius 1 is 0.356 bits per heavy atom. The molecule has 2 heterocycles. The van der Waals surface area contributed by atoms with Gasteiger partial charge in [0.15, 0.2) is 5.58 Å². The van der Waals surface area contributed by atoms with Gasteiger partial charge in [-0.25, -0.2) is 0 Å². The van der Waals surface area contributed by atoms with Crippen LogP contribution >= 0.6 is 0 Å². The topological polar surface area (TPSA) is 29.5 Å². The van der Waals surface area contributed by atoms with Crippen LogP contribution in [0.15, 0.2) is 173 Å². The van der Waals surface area contributed by atoms with Gasteiger partial charge in [-0.3, -0.25) is 0 Å². The molecule has 3 heteroatoms. The first-order valence-electron chi connectivity index (χ1n) is 15.2. The van der Waals surface area contributed by atoms with Crippen molar-refractivity contribution >= 4 is 60.9 Å². The Morgan fingerprint density at radius 3 is 1.67 bits per heavy atom. The normalized spacial score (nSPS) is 11.6. The molecule has 0 aliphatic carbocycles. The smallest absolute Gasteiger partial charge is 0.160 e. The molecule has 0 saturated carbocycles. The Bertz CT molecular complexity index is 2460. The molecule has 0 saturated heterocycles. The molecule has 212 valence electrons. The van der Waals surface area contributed by atoms with Crippen molar-refractivity contribution in [3.05, 3.63) is 164 Å². The third kappa shape index (κ3) is 4.13. The SMILES string of the molecule is c1ccc(-c2ccc(N(c3ccccc3)c3ccc(-c4ccccc4)c4c3oc3ccc5oc6ccccc6c5c34)cc2)cc1. The van der Waals surface area contributed by atoms with Crippen LogP contribution in [0.25, 0.3) is 66.1 Å². The molecule has 2 aromatic heterocycles. The predicted octanol–water partition coefficient (Wildman–Crippen LogP) is 12.3. The zero-order valence-electron chi connectivity index (χ0n) is 24.4. The summed E-state index contributed by atoms with van der Waals surface area (Å²) in [5.41, 5.74) is 11.1. The fourth-order valence-corrected chi connectivity index (χ4v) is 6.64. The number of rotatable bonds is 5. The minimum atomic E-state index is 0.833. The lowest BCUT2D eigenvalue weighted by Gasteiger charge is -2.26. The fraction of sp³-hybridized carbons (Fsp3) is 0. The van der Waals surface area contributed by atoms with Crippen molar-refractivity contribution in [1.82, 2.24) is 0 Å². The standard InChI is InChI=1S/C42H27NO2/c1-4-12-28(13-5-1)29-20-22-32(23-21-29)43(31-16-8-3-9-17-31)35-25-24-33(30-14-6-2-7-15-30)40-41-38(45-42(35)40)27-26-37-39(41)34-18-10-11-19-36(34)44-37/h1-27H. The lowest BCUT2D eigenvalue weighted by molar-refractivity contribution is 0.663. The fourth-order valence-electron chi connectivity index (χ4n) is 6.64. The van der Waals surface area contributed by atoms with Gasteiger partial charge in [0.2, 0.25) is 0 Å². The van der Waals surface area contributed by atoms with Crippen molar-refractivity contribution in [2.45, 2.75) is 0 Å². The van der Waals surface area contributed by atoms with Gasteiger partial charge in [0, 0.05) is 32.9 Å². The number of nitrogens with zero attached hydrogens (tertiary/aromatic N) is 1. The van der Waals surface area contributed by atoms with Crippen molar-refractivity contribution in [3.63, 3.8) is 0 Å². The van der Waals surface area contributed by atoms with Gasteiger partial charge in [-0.15, -0.1) is 0 Å². The number of fused-ring (bicyclic) bond motifs is 7. The highest BCUT2D eigenvalue weighted by Crippen LogP contribution is 2.48. The molecular formula is C42H27NO2. The zero-order valence-corrected chi connectivity index (χ0v) is 24.4. The Labute approximate surface area is 260 Å². The van der Waals surface area contributed by atoms with E-state index < -0.39 is 0 Å². The molecule has 45 heavy (non-hydrogen) atoms. The third-order valence-corrected chi connectivity index (χ3v) is 8.68. The summed E-state index contributed by atoms with van der Waals surface area (Å²) >= 11 is 0. The van der Waals surface area contributed by atoms with E-state index in [2.05, 4.69) is 138 Å². The van der Waals surface area contributed by atoms with Gasteiger partial charge in [-0.1, -0.05) is 115 Å². The molecule has 7 aromatic carbocycles. The van der Waals surface area contributed by atoms with E-state index in [-0.39, 0.29) is 0 Å². The Hall–Kier alpha value is -6.06. The molecule has 0 fully saturated rings. The average Bonchev–Trinajstić information content (AvgIpc) is 3.69. The molecule has 0 radical (unpaired) electrons. The summed E-state index contributed by atoms with van der Waals surface area (Å²) in [4.78, 5) is 2.29. The van der Waals surface area contributed by atoms with Gasteiger partial charge in [0.25, 0.3) is 0 Å². The van der Waals surface area contributed by atoms with Crippen molar-refractivity contribution in [3.8, 4) is 22.3 Å². The van der Waals surface area contributed by atoms with Crippen molar-refractivity contribution in [2.24, 2.45) is 0 Å². The molecule has 0 aliphatic rings. The van der Waals surface area contributed by atoms with Crippen LogP contribution in [0.2, 0.25) is 0 Å². The van der Waals surface area contributed by atoms with Gasteiger partial charge < -0.3 is 13.7 Å². The maximum Gasteiger partial charge on any atom is 0.160 e. The van der Waals surface area contributed by atoms with E-state index >= 15 is 0 Å². The summed E-state index contributed by atoms with van der Waals surface area (Å²) < 4.78 is 13.2. The third-order valence-electron chi connectivity index (χ3n) is 8.68. The number of hydrogen-bond donors (Lipinski definition) is 0. The van der Waals surface area contributed by atoms with E-state index in [1.165, 1.54) is 11.1 Å². The van der Waals surface area contributed by atoms with Crippen molar-refractivity contribution < 1.29 is 8.83 Å². The summed E-state index contributed by atoms with van der Waals surface area (Å²) in [5, 5.41) is 4.31. The number of hydrogen-bond acceptors (Lipinski definition) is 3. The summed E-state index contributed by atoms with van der Waals surface area (Å²) in [6.07, 6.45) is 0. The number of furan rings is 2. The Kier molecular flexibility index (Phi) is 5.82. The first-order chi connectivity index (χ1) is 22.3. The molecule has 9 rings (SSSR count). The molecule has 0 N–H and O–H groups in total. The highest BCUT2D eigenvalue weighted by Gasteiger charge is 2.24. The van der Waals surface area contributed by atoms with Crippen LogP contribution in [-0.4, -0.2) is 0 Å². The first kappa shape index (κ1) is 25.4. The molecule has 0 atom stereocenters. The molecule has 9 aromatic rings. The molecule has 0 bridgehead atoms. The second-order valence-electron chi connectivity index (χ2n) is 11.3. The van der Waals surface area contributed by atoms with Crippen LogP contribution in [0.3, 0.4) is 0 Å². The van der Waals surface area contributed by atoms with Crippen LogP contribution in [0.1, 0.15) is 0 Å². The lowest BCUT2D eigenvalue weighted by atomic mass is 9.96. The van der Waals surface area contributed by atoms with Gasteiger partial charge in [0.05, 0.1) is 5.69 Å². The predicted molar refractivity (Wildman–Crippen MR) is 187 cm³/mol. The summed E-state index contributed by atoms with van der Waals surface area (Å²) in [6, 6.07) is 57.1. The Morgan fingerprint density at radius 2 is 0.933 bits per heavy atom. The minimum Gasteiger partial charge on any atom is -0.456 e. The van der Waals surface area contributed by atoms with Crippen molar-refractivity contribution in [2.75, 3.05) is 4.90 Å². The number of para-hydroxylation sites is 2. The molecule has 3 nitrogen and oxygen atoms in total. The maximum absolute atomic E-state index is 6.91. The van der Waals surface area contributed by atoms with Crippen molar-refractivity contribution in [1.29, 1.82) is 0 Å². The molecule has 0 spiro atoms. The summed E-state index contributed by atoms with van der Waals surface area (Å²) in [7, 11) is 0. The minimum absolute atomic E-state index is 0.833. The highest BCUT2D eigenvalue weighted by molar-refractivity contribution is 6.29. The monoisotopic (exact) mass is 577 g/mol. The second kappa shape index (κ2) is 10.3. The van der Waals surface area contributed by atoms with E-state index in [4.69, 9.17) is 8.83 Å². The zero-order chi connectivity index (χ0) is 29.7. The van der Waals surface area contributed by atoms with E-state index in [9.17, 15) is 0 Å². The van der Waals surface area contributed by atoms with E-state index in [1.54, 1.807) is 0 Å². The van der Waals surface area contributed by atoms with Crippen LogP contribution in [0.4, 0.5) is 17.1 Å². The van der Waals surface area contributed by atoms with E-state index in [0.29, 0.717) is 0 Å². The molecule has 0 amide bonds. The van der Waals surface area contributed by atoms with Gasteiger partial charge >= 0.3 is 0 Å². The first-order valence-corrected chi connectivity index (χ1v) is 15.2. The molecule has 0 aliphatic heterocycles. The summed E-state index contributed by atoms with van der Waals surface area (Å²) in [5.74, 6) is 0. The number of benzene rings is 7. The van der Waals surface area contributed by atoms with Crippen LogP contribution < -0.4 is 4.90 Å². The average molecular weight is 578 g/mol. The highest BCUT2D eigenvalue weighted by atomic mass is 16.3. The maximum atomic E-state index is 6.91. The van der Waals surface area contributed by atoms with Crippen LogP contribution in [-0.2, 0) is 0 Å².